The van der Waals surface area contributed by atoms with Crippen molar-refractivity contribution in [2.75, 3.05) is 0 Å². The SMILES string of the molecule is NC(Cc1csnn1)c1sccc1Br. The van der Waals surface area contributed by atoms with E-state index in [9.17, 15) is 0 Å². The molecule has 0 amide bonds. The predicted molar refractivity (Wildman–Crippen MR) is 62.6 cm³/mol. The Labute approximate surface area is 98.3 Å². The summed E-state index contributed by atoms with van der Waals surface area (Å²) in [4.78, 5) is 1.16. The Morgan fingerprint density at radius 2 is 2.43 bits per heavy atom. The second kappa shape index (κ2) is 4.48. The lowest BCUT2D eigenvalue weighted by Crippen LogP contribution is -2.12. The molecule has 1 unspecified atom stereocenters. The molecule has 0 aromatic carbocycles. The first kappa shape index (κ1) is 10.2. The molecule has 1 atom stereocenters. The highest BCUT2D eigenvalue weighted by Gasteiger charge is 2.13. The summed E-state index contributed by atoms with van der Waals surface area (Å²) in [5, 5.41) is 7.93. The summed E-state index contributed by atoms with van der Waals surface area (Å²) in [6, 6.07) is 2.02. The normalized spacial score (nSPS) is 13.0. The molecule has 0 aliphatic carbocycles. The van der Waals surface area contributed by atoms with Crippen LogP contribution in [0, 0.1) is 0 Å². The molecule has 2 aromatic rings. The summed E-state index contributed by atoms with van der Waals surface area (Å²) in [6.07, 6.45) is 0.746. The lowest BCUT2D eigenvalue weighted by atomic mass is 10.1. The van der Waals surface area contributed by atoms with Crippen LogP contribution in [-0.4, -0.2) is 9.59 Å². The molecule has 0 fully saturated rings. The predicted octanol–water partition coefficient (Wildman–Crippen LogP) is 2.60. The Bertz CT molecular complexity index is 398. The van der Waals surface area contributed by atoms with Gasteiger partial charge in [-0.2, -0.15) is 0 Å². The molecule has 2 N–H and O–H groups in total. The van der Waals surface area contributed by atoms with E-state index in [4.69, 9.17) is 5.73 Å². The summed E-state index contributed by atoms with van der Waals surface area (Å²) in [5.74, 6) is 0. The highest BCUT2D eigenvalue weighted by molar-refractivity contribution is 9.10. The molecule has 2 aromatic heterocycles. The molecule has 14 heavy (non-hydrogen) atoms. The van der Waals surface area contributed by atoms with Gasteiger partial charge in [-0.3, -0.25) is 0 Å². The minimum absolute atomic E-state index is 0.00766. The average Bonchev–Trinajstić information content (AvgIpc) is 2.75. The van der Waals surface area contributed by atoms with Gasteiger partial charge < -0.3 is 5.73 Å². The maximum atomic E-state index is 6.05. The topological polar surface area (TPSA) is 51.8 Å². The van der Waals surface area contributed by atoms with Gasteiger partial charge in [0.05, 0.1) is 5.69 Å². The van der Waals surface area contributed by atoms with E-state index in [2.05, 4.69) is 25.5 Å². The molecule has 3 nitrogen and oxygen atoms in total. The molecule has 0 saturated heterocycles. The van der Waals surface area contributed by atoms with E-state index in [-0.39, 0.29) is 6.04 Å². The molecule has 2 heterocycles. The van der Waals surface area contributed by atoms with Gasteiger partial charge in [-0.05, 0) is 38.9 Å². The van der Waals surface area contributed by atoms with E-state index in [0.29, 0.717) is 0 Å². The van der Waals surface area contributed by atoms with Crippen LogP contribution in [0.4, 0.5) is 0 Å². The number of hydrogen-bond donors (Lipinski definition) is 1. The van der Waals surface area contributed by atoms with Crippen LogP contribution >= 0.6 is 38.8 Å². The van der Waals surface area contributed by atoms with Crippen molar-refractivity contribution in [1.82, 2.24) is 9.59 Å². The van der Waals surface area contributed by atoms with Crippen LogP contribution in [-0.2, 0) is 6.42 Å². The lowest BCUT2D eigenvalue weighted by Gasteiger charge is -2.07. The van der Waals surface area contributed by atoms with Gasteiger partial charge in [0.15, 0.2) is 0 Å². The number of halogens is 1. The molecule has 0 aliphatic heterocycles. The fraction of sp³-hybridized carbons (Fsp3) is 0.250. The first-order valence-corrected chi connectivity index (χ1v) is 6.52. The number of nitrogens with zero attached hydrogens (tertiary/aromatic N) is 2. The van der Waals surface area contributed by atoms with Gasteiger partial charge in [-0.25, -0.2) is 0 Å². The second-order valence-electron chi connectivity index (χ2n) is 2.84. The standard InChI is InChI=1S/C8H8BrN3S2/c9-6-1-2-13-8(6)7(10)3-5-4-14-12-11-5/h1-2,4,7H,3,10H2. The summed E-state index contributed by atoms with van der Waals surface area (Å²) in [5.41, 5.74) is 7.01. The average molecular weight is 290 g/mol. The molecule has 0 spiro atoms. The van der Waals surface area contributed by atoms with E-state index in [0.717, 1.165) is 21.5 Å². The summed E-state index contributed by atoms with van der Waals surface area (Å²) in [6.45, 7) is 0. The largest absolute Gasteiger partial charge is 0.323 e. The zero-order valence-electron chi connectivity index (χ0n) is 7.18. The van der Waals surface area contributed by atoms with Crippen LogP contribution < -0.4 is 5.73 Å². The van der Waals surface area contributed by atoms with Gasteiger partial charge in [-0.1, -0.05) is 4.49 Å². The maximum Gasteiger partial charge on any atom is 0.0774 e. The first-order chi connectivity index (χ1) is 6.77. The van der Waals surface area contributed by atoms with Crippen LogP contribution in [0.1, 0.15) is 16.6 Å². The van der Waals surface area contributed by atoms with E-state index in [1.54, 1.807) is 11.3 Å². The third kappa shape index (κ3) is 2.20. The van der Waals surface area contributed by atoms with Crippen molar-refractivity contribution in [3.8, 4) is 0 Å². The molecule has 74 valence electrons. The zero-order chi connectivity index (χ0) is 9.97. The monoisotopic (exact) mass is 289 g/mol. The van der Waals surface area contributed by atoms with Gasteiger partial charge in [0.2, 0.25) is 0 Å². The van der Waals surface area contributed by atoms with E-state index < -0.39 is 0 Å². The minimum Gasteiger partial charge on any atom is -0.323 e. The van der Waals surface area contributed by atoms with Crippen LogP contribution in [0.2, 0.25) is 0 Å². The Balaban J connectivity index is 2.10. The summed E-state index contributed by atoms with van der Waals surface area (Å²) >= 11 is 6.49. The molecule has 0 radical (unpaired) electrons. The van der Waals surface area contributed by atoms with Gasteiger partial charge in [0.25, 0.3) is 0 Å². The smallest absolute Gasteiger partial charge is 0.0774 e. The molecule has 0 bridgehead atoms. The van der Waals surface area contributed by atoms with Crippen molar-refractivity contribution in [1.29, 1.82) is 0 Å². The van der Waals surface area contributed by atoms with E-state index >= 15 is 0 Å². The zero-order valence-corrected chi connectivity index (χ0v) is 10.4. The van der Waals surface area contributed by atoms with Crippen molar-refractivity contribution in [2.24, 2.45) is 5.73 Å². The fourth-order valence-electron chi connectivity index (χ4n) is 1.16. The van der Waals surface area contributed by atoms with Crippen molar-refractivity contribution in [3.63, 3.8) is 0 Å². The molecule has 0 aliphatic rings. The fourth-order valence-corrected chi connectivity index (χ4v) is 3.30. The van der Waals surface area contributed by atoms with Gasteiger partial charge in [0.1, 0.15) is 0 Å². The van der Waals surface area contributed by atoms with Crippen molar-refractivity contribution in [2.45, 2.75) is 12.5 Å². The van der Waals surface area contributed by atoms with Gasteiger partial charge in [0, 0.05) is 27.2 Å². The van der Waals surface area contributed by atoms with Crippen LogP contribution in [0.3, 0.4) is 0 Å². The number of aromatic nitrogens is 2. The Morgan fingerprint density at radius 3 is 3.00 bits per heavy atom. The van der Waals surface area contributed by atoms with E-state index in [1.165, 1.54) is 11.5 Å². The number of hydrogen-bond acceptors (Lipinski definition) is 5. The van der Waals surface area contributed by atoms with Crippen molar-refractivity contribution >= 4 is 38.8 Å². The molecular formula is C8H8BrN3S2. The molecule has 0 saturated carbocycles. The third-order valence-corrected chi connectivity index (χ3v) is 4.37. The van der Waals surface area contributed by atoms with Crippen LogP contribution in [0.15, 0.2) is 21.3 Å². The lowest BCUT2D eigenvalue weighted by molar-refractivity contribution is 0.714. The van der Waals surface area contributed by atoms with Gasteiger partial charge >= 0.3 is 0 Å². The quantitative estimate of drug-likeness (QED) is 0.945. The number of thiophene rings is 1. The summed E-state index contributed by atoms with van der Waals surface area (Å²) < 4.78 is 4.89. The number of nitrogens with two attached hydrogens (primary N) is 1. The Morgan fingerprint density at radius 1 is 1.57 bits per heavy atom. The Hall–Kier alpha value is -0.300. The van der Waals surface area contributed by atoms with Crippen molar-refractivity contribution in [3.05, 3.63) is 31.9 Å². The minimum atomic E-state index is 0.00766. The highest BCUT2D eigenvalue weighted by atomic mass is 79.9. The molecular weight excluding hydrogens is 282 g/mol. The second-order valence-corrected chi connectivity index (χ2v) is 5.25. The third-order valence-electron chi connectivity index (χ3n) is 1.82. The van der Waals surface area contributed by atoms with E-state index in [1.807, 2.05) is 16.8 Å². The van der Waals surface area contributed by atoms with Crippen LogP contribution in [0.25, 0.3) is 0 Å². The molecule has 2 rings (SSSR count). The number of rotatable bonds is 3. The van der Waals surface area contributed by atoms with Gasteiger partial charge in [-0.15, -0.1) is 16.4 Å². The van der Waals surface area contributed by atoms with Crippen molar-refractivity contribution < 1.29 is 0 Å². The van der Waals surface area contributed by atoms with Crippen LogP contribution in [0.5, 0.6) is 0 Å². The summed E-state index contributed by atoms with van der Waals surface area (Å²) in [7, 11) is 0. The first-order valence-electron chi connectivity index (χ1n) is 4.02. The molecule has 6 heteroatoms. The Kier molecular flexibility index (Phi) is 3.27. The highest BCUT2D eigenvalue weighted by Crippen LogP contribution is 2.29. The maximum absolute atomic E-state index is 6.05.